The van der Waals surface area contributed by atoms with Crippen molar-refractivity contribution >= 4 is 17.5 Å². The molecule has 0 aliphatic rings. The van der Waals surface area contributed by atoms with Gasteiger partial charge in [-0.05, 0) is 38.3 Å². The summed E-state index contributed by atoms with van der Waals surface area (Å²) in [5.41, 5.74) is 2.53. The van der Waals surface area contributed by atoms with Crippen LogP contribution in [0.5, 0.6) is 0 Å². The molecule has 0 heterocycles. The standard InChI is InChI=1S/C13H18OS/c1-5-12(11(4)14)15-13-9(2)7-6-8-10(13)3/h6-8,12H,5H2,1-4H3. The maximum atomic E-state index is 11.4. The quantitative estimate of drug-likeness (QED) is 0.721. The van der Waals surface area contributed by atoms with Crippen molar-refractivity contribution in [3.63, 3.8) is 0 Å². The van der Waals surface area contributed by atoms with Gasteiger partial charge in [0.05, 0.1) is 5.25 Å². The Balaban J connectivity index is 2.92. The van der Waals surface area contributed by atoms with E-state index in [1.165, 1.54) is 16.0 Å². The molecule has 0 aliphatic heterocycles. The summed E-state index contributed by atoms with van der Waals surface area (Å²) in [5, 5.41) is 0.102. The average Bonchev–Trinajstić information content (AvgIpc) is 2.17. The van der Waals surface area contributed by atoms with Gasteiger partial charge in [-0.15, -0.1) is 11.8 Å². The summed E-state index contributed by atoms with van der Waals surface area (Å²) >= 11 is 1.70. The van der Waals surface area contributed by atoms with Gasteiger partial charge in [0.1, 0.15) is 5.78 Å². The molecule has 1 unspecified atom stereocenters. The summed E-state index contributed by atoms with van der Waals surface area (Å²) in [5.74, 6) is 0.269. The predicted molar refractivity (Wildman–Crippen MR) is 66.5 cm³/mol. The lowest BCUT2D eigenvalue weighted by Gasteiger charge is -2.14. The lowest BCUT2D eigenvalue weighted by molar-refractivity contribution is -0.116. The van der Waals surface area contributed by atoms with E-state index in [-0.39, 0.29) is 11.0 Å². The Morgan fingerprint density at radius 2 is 1.87 bits per heavy atom. The van der Waals surface area contributed by atoms with E-state index in [0.29, 0.717) is 0 Å². The number of Topliss-reactive ketones (excluding diaryl/α,β-unsaturated/α-hetero) is 1. The summed E-state index contributed by atoms with van der Waals surface area (Å²) in [6.45, 7) is 7.94. The first-order chi connectivity index (χ1) is 7.06. The van der Waals surface area contributed by atoms with Crippen LogP contribution < -0.4 is 0 Å². The first-order valence-electron chi connectivity index (χ1n) is 5.29. The van der Waals surface area contributed by atoms with Crippen molar-refractivity contribution in [1.29, 1.82) is 0 Å². The summed E-state index contributed by atoms with van der Waals surface area (Å²) in [4.78, 5) is 12.6. The lowest BCUT2D eigenvalue weighted by atomic mass is 10.2. The minimum atomic E-state index is 0.102. The molecule has 1 aromatic rings. The Labute approximate surface area is 96.3 Å². The number of hydrogen-bond donors (Lipinski definition) is 0. The van der Waals surface area contributed by atoms with Crippen LogP contribution in [0.4, 0.5) is 0 Å². The summed E-state index contributed by atoms with van der Waals surface area (Å²) in [6, 6.07) is 6.26. The van der Waals surface area contributed by atoms with Crippen molar-refractivity contribution < 1.29 is 4.79 Å². The summed E-state index contributed by atoms with van der Waals surface area (Å²) < 4.78 is 0. The normalized spacial score (nSPS) is 12.5. The number of ketones is 1. The Morgan fingerprint density at radius 3 is 2.27 bits per heavy atom. The molecule has 0 saturated heterocycles. The predicted octanol–water partition coefficient (Wildman–Crippen LogP) is 3.76. The number of benzene rings is 1. The molecule has 0 fully saturated rings. The number of thioether (sulfide) groups is 1. The highest BCUT2D eigenvalue weighted by atomic mass is 32.2. The maximum Gasteiger partial charge on any atom is 0.143 e. The first kappa shape index (κ1) is 12.3. The SMILES string of the molecule is CCC(Sc1c(C)cccc1C)C(C)=O. The Morgan fingerprint density at radius 1 is 1.33 bits per heavy atom. The second kappa shape index (κ2) is 5.36. The van der Waals surface area contributed by atoms with Crippen LogP contribution in [0.1, 0.15) is 31.4 Å². The molecule has 0 amide bonds. The van der Waals surface area contributed by atoms with E-state index in [1.54, 1.807) is 18.7 Å². The number of carbonyl (C=O) groups excluding carboxylic acids is 1. The molecule has 1 atom stereocenters. The highest BCUT2D eigenvalue weighted by Gasteiger charge is 2.15. The minimum Gasteiger partial charge on any atom is -0.299 e. The Hall–Kier alpha value is -0.760. The number of rotatable bonds is 4. The maximum absolute atomic E-state index is 11.4. The molecule has 2 heteroatoms. The fourth-order valence-electron chi connectivity index (χ4n) is 1.58. The van der Waals surface area contributed by atoms with Gasteiger partial charge in [0.25, 0.3) is 0 Å². The van der Waals surface area contributed by atoms with E-state index in [4.69, 9.17) is 0 Å². The average molecular weight is 222 g/mol. The number of hydrogen-bond acceptors (Lipinski definition) is 2. The van der Waals surface area contributed by atoms with E-state index < -0.39 is 0 Å². The van der Waals surface area contributed by atoms with Gasteiger partial charge in [-0.2, -0.15) is 0 Å². The second-order valence-corrected chi connectivity index (χ2v) is 5.06. The highest BCUT2D eigenvalue weighted by Crippen LogP contribution is 2.31. The molecule has 0 saturated carbocycles. The highest BCUT2D eigenvalue weighted by molar-refractivity contribution is 8.00. The van der Waals surface area contributed by atoms with Crippen LogP contribution in [0.2, 0.25) is 0 Å². The lowest BCUT2D eigenvalue weighted by Crippen LogP contribution is -2.12. The van der Waals surface area contributed by atoms with E-state index in [9.17, 15) is 4.79 Å². The molecule has 15 heavy (non-hydrogen) atoms. The minimum absolute atomic E-state index is 0.102. The van der Waals surface area contributed by atoms with Gasteiger partial charge in [0.2, 0.25) is 0 Å². The van der Waals surface area contributed by atoms with Crippen molar-refractivity contribution in [2.75, 3.05) is 0 Å². The molecule has 82 valence electrons. The van der Waals surface area contributed by atoms with Gasteiger partial charge >= 0.3 is 0 Å². The van der Waals surface area contributed by atoms with Crippen molar-refractivity contribution in [3.05, 3.63) is 29.3 Å². The third-order valence-electron chi connectivity index (χ3n) is 2.49. The Bertz CT molecular complexity index is 337. The summed E-state index contributed by atoms with van der Waals surface area (Å²) in [7, 11) is 0. The zero-order valence-electron chi connectivity index (χ0n) is 9.83. The monoisotopic (exact) mass is 222 g/mol. The van der Waals surface area contributed by atoms with E-state index in [1.807, 2.05) is 0 Å². The van der Waals surface area contributed by atoms with Crippen LogP contribution in [0, 0.1) is 13.8 Å². The smallest absolute Gasteiger partial charge is 0.143 e. The Kier molecular flexibility index (Phi) is 4.40. The zero-order valence-corrected chi connectivity index (χ0v) is 10.6. The second-order valence-electron chi connectivity index (χ2n) is 3.85. The number of carbonyl (C=O) groups is 1. The van der Waals surface area contributed by atoms with Gasteiger partial charge < -0.3 is 0 Å². The topological polar surface area (TPSA) is 17.1 Å². The van der Waals surface area contributed by atoms with Crippen LogP contribution in [0.3, 0.4) is 0 Å². The van der Waals surface area contributed by atoms with Crippen LogP contribution in [-0.2, 0) is 4.79 Å². The van der Waals surface area contributed by atoms with Crippen molar-refractivity contribution in [1.82, 2.24) is 0 Å². The third kappa shape index (κ3) is 3.10. The van der Waals surface area contributed by atoms with Gasteiger partial charge in [-0.3, -0.25) is 4.79 Å². The van der Waals surface area contributed by atoms with Gasteiger partial charge in [-0.1, -0.05) is 25.1 Å². The molecule has 0 bridgehead atoms. The van der Waals surface area contributed by atoms with E-state index >= 15 is 0 Å². The van der Waals surface area contributed by atoms with Crippen LogP contribution in [0.25, 0.3) is 0 Å². The van der Waals surface area contributed by atoms with Gasteiger partial charge in [0, 0.05) is 4.90 Å². The fourth-order valence-corrected chi connectivity index (χ4v) is 2.71. The first-order valence-corrected chi connectivity index (χ1v) is 6.17. The van der Waals surface area contributed by atoms with Crippen molar-refractivity contribution in [2.45, 2.75) is 44.3 Å². The van der Waals surface area contributed by atoms with Gasteiger partial charge in [0.15, 0.2) is 0 Å². The van der Waals surface area contributed by atoms with Gasteiger partial charge in [-0.25, -0.2) is 0 Å². The molecule has 1 rings (SSSR count). The fraction of sp³-hybridized carbons (Fsp3) is 0.462. The van der Waals surface area contributed by atoms with E-state index in [2.05, 4.69) is 39.0 Å². The van der Waals surface area contributed by atoms with E-state index in [0.717, 1.165) is 6.42 Å². The molecule has 1 nitrogen and oxygen atoms in total. The third-order valence-corrected chi connectivity index (χ3v) is 4.32. The molecule has 0 aromatic heterocycles. The largest absolute Gasteiger partial charge is 0.299 e. The van der Waals surface area contributed by atoms with Crippen LogP contribution >= 0.6 is 11.8 Å². The van der Waals surface area contributed by atoms with Crippen molar-refractivity contribution in [3.8, 4) is 0 Å². The molecule has 0 N–H and O–H groups in total. The molecular weight excluding hydrogens is 204 g/mol. The van der Waals surface area contributed by atoms with Crippen molar-refractivity contribution in [2.24, 2.45) is 0 Å². The van der Waals surface area contributed by atoms with Crippen LogP contribution in [-0.4, -0.2) is 11.0 Å². The molecule has 1 aromatic carbocycles. The number of aryl methyl sites for hydroxylation is 2. The molecular formula is C13H18OS. The molecule has 0 spiro atoms. The van der Waals surface area contributed by atoms with Crippen LogP contribution in [0.15, 0.2) is 23.1 Å². The zero-order chi connectivity index (χ0) is 11.4. The molecule has 0 radical (unpaired) electrons. The summed E-state index contributed by atoms with van der Waals surface area (Å²) in [6.07, 6.45) is 0.897. The molecule has 0 aliphatic carbocycles.